The van der Waals surface area contributed by atoms with E-state index in [0.29, 0.717) is 24.7 Å². The number of carboxylic acid groups (broad SMARTS) is 1. The van der Waals surface area contributed by atoms with Crippen LogP contribution in [0.1, 0.15) is 10.5 Å². The van der Waals surface area contributed by atoms with Crippen LogP contribution in [0.15, 0.2) is 30.5 Å². The van der Waals surface area contributed by atoms with Gasteiger partial charge in [-0.05, 0) is 12.1 Å². The predicted octanol–water partition coefficient (Wildman–Crippen LogP) is 0.275. The number of benzene rings is 1. The average Bonchev–Trinajstić information content (AvgIpc) is 3.03. The van der Waals surface area contributed by atoms with Crippen LogP contribution in [-0.2, 0) is 11.3 Å². The molecule has 9 heteroatoms. The molecule has 0 saturated carbocycles. The first-order chi connectivity index (χ1) is 11.5. The topological polar surface area (TPSA) is 107 Å². The Morgan fingerprint density at radius 2 is 2.12 bits per heavy atom. The number of fused-ring (bicyclic) bond motifs is 1. The summed E-state index contributed by atoms with van der Waals surface area (Å²) in [6, 6.07) is 7.35. The Hall–Kier alpha value is -3.10. The van der Waals surface area contributed by atoms with Gasteiger partial charge < -0.3 is 19.5 Å². The Balaban J connectivity index is 1.55. The van der Waals surface area contributed by atoms with E-state index in [1.165, 1.54) is 15.8 Å². The maximum atomic E-state index is 12.2. The van der Waals surface area contributed by atoms with Crippen molar-refractivity contribution in [1.82, 2.24) is 19.9 Å². The number of ether oxygens (including phenoxy) is 2. The number of rotatable bonds is 5. The van der Waals surface area contributed by atoms with E-state index < -0.39 is 5.97 Å². The summed E-state index contributed by atoms with van der Waals surface area (Å²) in [4.78, 5) is 24.5. The average molecular weight is 332 g/mol. The quantitative estimate of drug-likeness (QED) is 0.837. The lowest BCUT2D eigenvalue weighted by molar-refractivity contribution is -0.132. The minimum Gasteiger partial charge on any atom is -0.486 e. The van der Waals surface area contributed by atoms with E-state index in [1.807, 2.05) is 24.3 Å². The molecule has 1 aromatic carbocycles. The van der Waals surface area contributed by atoms with Crippen molar-refractivity contribution in [3.63, 3.8) is 0 Å². The molecule has 0 bridgehead atoms. The third-order valence-corrected chi connectivity index (χ3v) is 3.53. The number of aromatic carboxylic acids is 1. The standard InChI is InChI=1S/C15H16N4O5/c1-18(14(20)8-19-7-11(15(21)22)16-17-19)6-10-9-23-12-4-2-3-5-13(12)24-10/h2-5,7,10H,6,8-9H2,1H3,(H,21,22). The lowest BCUT2D eigenvalue weighted by Crippen LogP contribution is -2.42. The first-order valence-electron chi connectivity index (χ1n) is 7.29. The van der Waals surface area contributed by atoms with Crippen LogP contribution in [0.3, 0.4) is 0 Å². The summed E-state index contributed by atoms with van der Waals surface area (Å²) in [5.74, 6) is -0.0868. The molecule has 24 heavy (non-hydrogen) atoms. The van der Waals surface area contributed by atoms with Gasteiger partial charge in [0.25, 0.3) is 0 Å². The SMILES string of the molecule is CN(CC1COc2ccccc2O1)C(=O)Cn1cc(C(=O)O)nn1. The zero-order chi connectivity index (χ0) is 17.1. The van der Waals surface area contributed by atoms with Gasteiger partial charge in [0.2, 0.25) is 5.91 Å². The molecule has 1 N–H and O–H groups in total. The van der Waals surface area contributed by atoms with Gasteiger partial charge in [0.1, 0.15) is 13.2 Å². The second kappa shape index (κ2) is 6.57. The molecular formula is C15H16N4O5. The van der Waals surface area contributed by atoms with Gasteiger partial charge in [0.15, 0.2) is 23.3 Å². The summed E-state index contributed by atoms with van der Waals surface area (Å²) in [7, 11) is 1.64. The predicted molar refractivity (Wildman–Crippen MR) is 81.0 cm³/mol. The van der Waals surface area contributed by atoms with Crippen molar-refractivity contribution in [2.45, 2.75) is 12.6 Å². The second-order valence-corrected chi connectivity index (χ2v) is 5.38. The molecule has 0 saturated heterocycles. The Kier molecular flexibility index (Phi) is 4.32. The maximum absolute atomic E-state index is 12.2. The summed E-state index contributed by atoms with van der Waals surface area (Å²) >= 11 is 0. The van der Waals surface area contributed by atoms with Crippen molar-refractivity contribution in [3.8, 4) is 11.5 Å². The number of likely N-dealkylation sites (N-methyl/N-ethyl adjacent to an activating group) is 1. The molecule has 1 aliphatic heterocycles. The Labute approximate surface area is 137 Å². The molecule has 0 spiro atoms. The normalized spacial score (nSPS) is 15.8. The Morgan fingerprint density at radius 1 is 1.38 bits per heavy atom. The minimum atomic E-state index is -1.19. The summed E-state index contributed by atoms with van der Waals surface area (Å²) in [5.41, 5.74) is -0.203. The molecule has 3 rings (SSSR count). The van der Waals surface area contributed by atoms with Crippen LogP contribution in [-0.4, -0.2) is 63.2 Å². The van der Waals surface area contributed by atoms with E-state index in [-0.39, 0.29) is 24.2 Å². The molecule has 1 aromatic heterocycles. The van der Waals surface area contributed by atoms with Gasteiger partial charge in [0.05, 0.1) is 12.7 Å². The van der Waals surface area contributed by atoms with E-state index in [2.05, 4.69) is 10.3 Å². The summed E-state index contributed by atoms with van der Waals surface area (Å²) in [6.07, 6.45) is 0.934. The van der Waals surface area contributed by atoms with Gasteiger partial charge in [-0.2, -0.15) is 0 Å². The van der Waals surface area contributed by atoms with Crippen molar-refractivity contribution in [3.05, 3.63) is 36.2 Å². The molecule has 0 fully saturated rings. The highest BCUT2D eigenvalue weighted by atomic mass is 16.6. The van der Waals surface area contributed by atoms with E-state index >= 15 is 0 Å². The van der Waals surface area contributed by atoms with Crippen LogP contribution < -0.4 is 9.47 Å². The van der Waals surface area contributed by atoms with E-state index in [4.69, 9.17) is 14.6 Å². The number of aromatic nitrogens is 3. The number of hydrogen-bond acceptors (Lipinski definition) is 6. The first-order valence-corrected chi connectivity index (χ1v) is 7.29. The van der Waals surface area contributed by atoms with E-state index in [0.717, 1.165) is 0 Å². The Morgan fingerprint density at radius 3 is 2.83 bits per heavy atom. The molecule has 0 aliphatic carbocycles. The molecule has 2 aromatic rings. The summed E-state index contributed by atoms with van der Waals surface area (Å²) < 4.78 is 12.6. The number of carbonyl (C=O) groups excluding carboxylic acids is 1. The summed E-state index contributed by atoms with van der Waals surface area (Å²) in [6.45, 7) is 0.593. The zero-order valence-electron chi connectivity index (χ0n) is 13.0. The number of hydrogen-bond donors (Lipinski definition) is 1. The van der Waals surface area contributed by atoms with Gasteiger partial charge in [-0.25, -0.2) is 9.48 Å². The smallest absolute Gasteiger partial charge is 0.358 e. The van der Waals surface area contributed by atoms with Crippen molar-refractivity contribution in [2.24, 2.45) is 0 Å². The van der Waals surface area contributed by atoms with Gasteiger partial charge >= 0.3 is 5.97 Å². The fourth-order valence-electron chi connectivity index (χ4n) is 2.29. The monoisotopic (exact) mass is 332 g/mol. The lowest BCUT2D eigenvalue weighted by Gasteiger charge is -2.29. The molecule has 2 heterocycles. The molecule has 0 radical (unpaired) electrons. The van der Waals surface area contributed by atoms with Gasteiger partial charge in [-0.15, -0.1) is 5.10 Å². The Bertz CT molecular complexity index is 760. The number of nitrogens with zero attached hydrogens (tertiary/aromatic N) is 4. The third kappa shape index (κ3) is 3.45. The van der Waals surface area contributed by atoms with E-state index in [1.54, 1.807) is 7.05 Å². The van der Waals surface area contributed by atoms with Crippen LogP contribution in [0.4, 0.5) is 0 Å². The van der Waals surface area contributed by atoms with Crippen LogP contribution in [0, 0.1) is 0 Å². The second-order valence-electron chi connectivity index (χ2n) is 5.38. The van der Waals surface area contributed by atoms with Gasteiger partial charge in [-0.3, -0.25) is 4.79 Å². The molecule has 9 nitrogen and oxygen atoms in total. The van der Waals surface area contributed by atoms with Crippen LogP contribution in [0.2, 0.25) is 0 Å². The number of carbonyl (C=O) groups is 2. The van der Waals surface area contributed by atoms with E-state index in [9.17, 15) is 9.59 Å². The maximum Gasteiger partial charge on any atom is 0.358 e. The lowest BCUT2D eigenvalue weighted by atomic mass is 10.2. The van der Waals surface area contributed by atoms with Gasteiger partial charge in [0, 0.05) is 7.05 Å². The highest BCUT2D eigenvalue weighted by Gasteiger charge is 2.24. The number of para-hydroxylation sites is 2. The van der Waals surface area contributed by atoms with Crippen molar-refractivity contribution < 1.29 is 24.2 Å². The summed E-state index contributed by atoms with van der Waals surface area (Å²) in [5, 5.41) is 15.9. The van der Waals surface area contributed by atoms with Crippen molar-refractivity contribution in [1.29, 1.82) is 0 Å². The minimum absolute atomic E-state index is 0.0963. The first kappa shape index (κ1) is 15.8. The van der Waals surface area contributed by atoms with Crippen LogP contribution in [0.25, 0.3) is 0 Å². The third-order valence-electron chi connectivity index (χ3n) is 3.53. The van der Waals surface area contributed by atoms with Gasteiger partial charge in [-0.1, -0.05) is 17.3 Å². The molecule has 1 unspecified atom stereocenters. The zero-order valence-corrected chi connectivity index (χ0v) is 13.0. The van der Waals surface area contributed by atoms with Crippen molar-refractivity contribution >= 4 is 11.9 Å². The highest BCUT2D eigenvalue weighted by molar-refractivity contribution is 5.84. The van der Waals surface area contributed by atoms with Crippen LogP contribution >= 0.6 is 0 Å². The number of carboxylic acids is 1. The highest BCUT2D eigenvalue weighted by Crippen LogP contribution is 2.30. The number of amides is 1. The molecule has 1 aliphatic rings. The molecule has 1 amide bonds. The van der Waals surface area contributed by atoms with Crippen LogP contribution in [0.5, 0.6) is 11.5 Å². The van der Waals surface area contributed by atoms with Crippen molar-refractivity contribution in [2.75, 3.05) is 20.2 Å². The molecule has 126 valence electrons. The largest absolute Gasteiger partial charge is 0.486 e. The fourth-order valence-corrected chi connectivity index (χ4v) is 2.29. The molecule has 1 atom stereocenters. The fraction of sp³-hybridized carbons (Fsp3) is 0.333. The molecular weight excluding hydrogens is 316 g/mol.